The van der Waals surface area contributed by atoms with Crippen LogP contribution in [0.2, 0.25) is 0 Å². The second-order valence-corrected chi connectivity index (χ2v) is 4.33. The molecule has 0 saturated carbocycles. The van der Waals surface area contributed by atoms with Gasteiger partial charge in [-0.1, -0.05) is 30.3 Å². The van der Waals surface area contributed by atoms with E-state index in [1.54, 1.807) is 0 Å². The fourth-order valence-electron chi connectivity index (χ4n) is 1.53. The van der Waals surface area contributed by atoms with Crippen LogP contribution in [0.4, 0.5) is 9.18 Å². The average Bonchev–Trinajstić information content (AvgIpc) is 2.86. The Morgan fingerprint density at radius 3 is 2.58 bits per heavy atom. The lowest BCUT2D eigenvalue weighted by atomic mass is 10.2. The lowest BCUT2D eigenvalue weighted by molar-refractivity contribution is -0.103. The van der Waals surface area contributed by atoms with Crippen LogP contribution >= 0.6 is 11.6 Å². The van der Waals surface area contributed by atoms with E-state index in [2.05, 4.69) is 14.8 Å². The predicted molar refractivity (Wildman–Crippen MR) is 70.8 cm³/mol. The molecule has 2 rings (SSSR count). The van der Waals surface area contributed by atoms with Gasteiger partial charge in [0.25, 0.3) is 0 Å². The van der Waals surface area contributed by atoms with Gasteiger partial charge in [-0.25, -0.2) is 9.18 Å². The highest BCUT2D eigenvalue weighted by molar-refractivity contribution is 6.61. The lowest BCUT2D eigenvalue weighted by Gasteiger charge is -2.14. The molecule has 106 valence electrons. The standard InChI is InChI=1S/C8H7ClO2.C5H10FNO/c9-8(10)11-6-7-4-2-1-3-5-7;1-8-5(6)2-3-7-4-5/h1-5H,6H2;7H,2-4H2,1H3. The topological polar surface area (TPSA) is 47.6 Å². The maximum absolute atomic E-state index is 12.8. The van der Waals surface area contributed by atoms with Crippen LogP contribution in [-0.4, -0.2) is 31.5 Å². The van der Waals surface area contributed by atoms with E-state index in [0.29, 0.717) is 13.0 Å². The van der Waals surface area contributed by atoms with Gasteiger partial charge in [-0.3, -0.25) is 0 Å². The lowest BCUT2D eigenvalue weighted by Crippen LogP contribution is -2.27. The van der Waals surface area contributed by atoms with Gasteiger partial charge in [0.15, 0.2) is 0 Å². The van der Waals surface area contributed by atoms with E-state index in [0.717, 1.165) is 12.1 Å². The summed E-state index contributed by atoms with van der Waals surface area (Å²) in [4.78, 5) is 10.2. The molecule has 0 spiro atoms. The summed E-state index contributed by atoms with van der Waals surface area (Å²) in [6.45, 7) is 1.30. The van der Waals surface area contributed by atoms with Crippen LogP contribution in [0.3, 0.4) is 0 Å². The summed E-state index contributed by atoms with van der Waals surface area (Å²) >= 11 is 4.97. The number of halogens is 2. The summed E-state index contributed by atoms with van der Waals surface area (Å²) in [6.07, 6.45) is 0.476. The number of hydrogen-bond donors (Lipinski definition) is 1. The van der Waals surface area contributed by atoms with Crippen molar-refractivity contribution in [3.8, 4) is 0 Å². The average molecular weight is 290 g/mol. The minimum atomic E-state index is -1.38. The Hall–Kier alpha value is -1.17. The Morgan fingerprint density at radius 2 is 2.16 bits per heavy atom. The molecule has 1 fully saturated rings. The molecular weight excluding hydrogens is 273 g/mol. The molecule has 1 aliphatic heterocycles. The largest absolute Gasteiger partial charge is 0.449 e. The molecule has 1 aromatic carbocycles. The number of alkyl halides is 1. The zero-order chi connectivity index (χ0) is 14.1. The predicted octanol–water partition coefficient (Wildman–Crippen LogP) is 2.85. The summed E-state index contributed by atoms with van der Waals surface area (Å²) in [5.41, 5.74) is 0.162. The van der Waals surface area contributed by atoms with Crippen molar-refractivity contribution in [1.29, 1.82) is 0 Å². The quantitative estimate of drug-likeness (QED) is 0.869. The van der Waals surface area contributed by atoms with E-state index < -0.39 is 11.3 Å². The van der Waals surface area contributed by atoms with E-state index in [-0.39, 0.29) is 6.61 Å². The van der Waals surface area contributed by atoms with Crippen molar-refractivity contribution in [1.82, 2.24) is 5.32 Å². The fourth-order valence-corrected chi connectivity index (χ4v) is 1.58. The number of carbonyl (C=O) groups excluding carboxylic acids is 1. The van der Waals surface area contributed by atoms with E-state index in [9.17, 15) is 9.18 Å². The van der Waals surface area contributed by atoms with Crippen LogP contribution in [0.5, 0.6) is 0 Å². The van der Waals surface area contributed by atoms with E-state index in [1.807, 2.05) is 30.3 Å². The molecule has 1 N–H and O–H groups in total. The Kier molecular flexibility index (Phi) is 6.77. The molecule has 4 nitrogen and oxygen atoms in total. The highest BCUT2D eigenvalue weighted by Gasteiger charge is 2.32. The molecule has 1 saturated heterocycles. The first kappa shape index (κ1) is 15.9. The van der Waals surface area contributed by atoms with Crippen LogP contribution in [0, 0.1) is 0 Å². The van der Waals surface area contributed by atoms with Gasteiger partial charge in [-0.2, -0.15) is 0 Å². The second-order valence-electron chi connectivity index (χ2n) is 4.03. The Bertz CT molecular complexity index is 383. The Morgan fingerprint density at radius 1 is 1.47 bits per heavy atom. The van der Waals surface area contributed by atoms with Crippen LogP contribution in [-0.2, 0) is 16.1 Å². The zero-order valence-corrected chi connectivity index (χ0v) is 11.5. The number of hydrogen-bond acceptors (Lipinski definition) is 4. The van der Waals surface area contributed by atoms with Gasteiger partial charge >= 0.3 is 5.43 Å². The third-order valence-electron chi connectivity index (χ3n) is 2.63. The molecule has 1 atom stereocenters. The molecule has 0 aliphatic carbocycles. The number of benzene rings is 1. The van der Waals surface area contributed by atoms with Crippen molar-refractivity contribution in [3.63, 3.8) is 0 Å². The highest BCUT2D eigenvalue weighted by atomic mass is 35.5. The molecular formula is C13H17ClFNO3. The molecule has 1 unspecified atom stereocenters. The van der Waals surface area contributed by atoms with Gasteiger partial charge in [0, 0.05) is 31.7 Å². The highest BCUT2D eigenvalue weighted by Crippen LogP contribution is 2.19. The Labute approximate surface area is 116 Å². The van der Waals surface area contributed by atoms with Crippen molar-refractivity contribution >= 4 is 17.0 Å². The molecule has 6 heteroatoms. The summed E-state index contributed by atoms with van der Waals surface area (Å²) in [5.74, 6) is -1.38. The van der Waals surface area contributed by atoms with Gasteiger partial charge in [0.05, 0.1) is 6.54 Å². The normalized spacial score (nSPS) is 21.4. The minimum Gasteiger partial charge on any atom is -0.449 e. The molecule has 0 radical (unpaired) electrons. The molecule has 1 aliphatic rings. The molecule has 19 heavy (non-hydrogen) atoms. The van der Waals surface area contributed by atoms with Crippen LogP contribution in [0.1, 0.15) is 12.0 Å². The SMILES string of the molecule is COC1(F)CCNC1.O=C(Cl)OCc1ccccc1. The second kappa shape index (κ2) is 8.09. The fraction of sp³-hybridized carbons (Fsp3) is 0.462. The third-order valence-corrected chi connectivity index (χ3v) is 2.73. The van der Waals surface area contributed by atoms with Gasteiger partial charge in [-0.15, -0.1) is 0 Å². The number of rotatable bonds is 3. The van der Waals surface area contributed by atoms with Gasteiger partial charge in [0.1, 0.15) is 6.61 Å². The first-order valence-electron chi connectivity index (χ1n) is 5.87. The van der Waals surface area contributed by atoms with Crippen LogP contribution in [0.25, 0.3) is 0 Å². The number of ether oxygens (including phenoxy) is 2. The molecule has 1 aromatic rings. The van der Waals surface area contributed by atoms with Gasteiger partial charge in [-0.05, 0) is 5.56 Å². The summed E-state index contributed by atoms with van der Waals surface area (Å²) in [7, 11) is 1.40. The first-order valence-corrected chi connectivity index (χ1v) is 6.24. The Balaban J connectivity index is 0.000000200. The first-order chi connectivity index (χ1) is 9.06. The molecule has 0 amide bonds. The van der Waals surface area contributed by atoms with Gasteiger partial charge < -0.3 is 14.8 Å². The van der Waals surface area contributed by atoms with Crippen molar-refractivity contribution in [3.05, 3.63) is 35.9 Å². The number of nitrogens with one attached hydrogen (secondary N) is 1. The van der Waals surface area contributed by atoms with Crippen LogP contribution in [0.15, 0.2) is 30.3 Å². The monoisotopic (exact) mass is 289 g/mol. The molecule has 0 aromatic heterocycles. The summed E-state index contributed by atoms with van der Waals surface area (Å²) < 4.78 is 21.9. The number of carbonyl (C=O) groups is 1. The number of methoxy groups -OCH3 is 1. The minimum absolute atomic E-state index is 0.239. The van der Waals surface area contributed by atoms with Crippen molar-refractivity contribution in [2.75, 3.05) is 20.2 Å². The van der Waals surface area contributed by atoms with E-state index in [1.165, 1.54) is 7.11 Å². The van der Waals surface area contributed by atoms with Crippen molar-refractivity contribution in [2.24, 2.45) is 0 Å². The molecule has 1 heterocycles. The summed E-state index contributed by atoms with van der Waals surface area (Å²) in [6, 6.07) is 9.36. The van der Waals surface area contributed by atoms with Gasteiger partial charge in [0.2, 0.25) is 5.85 Å². The summed E-state index contributed by atoms with van der Waals surface area (Å²) in [5, 5.41) is 2.86. The maximum Gasteiger partial charge on any atom is 0.404 e. The zero-order valence-electron chi connectivity index (χ0n) is 10.7. The maximum atomic E-state index is 12.8. The smallest absolute Gasteiger partial charge is 0.404 e. The van der Waals surface area contributed by atoms with Crippen molar-refractivity contribution < 1.29 is 18.7 Å². The third kappa shape index (κ3) is 6.52. The van der Waals surface area contributed by atoms with E-state index >= 15 is 0 Å². The van der Waals surface area contributed by atoms with E-state index in [4.69, 9.17) is 11.6 Å². The molecule has 0 bridgehead atoms. The van der Waals surface area contributed by atoms with Crippen molar-refractivity contribution in [2.45, 2.75) is 18.9 Å². The van der Waals surface area contributed by atoms with Crippen LogP contribution < -0.4 is 5.32 Å².